The summed E-state index contributed by atoms with van der Waals surface area (Å²) < 4.78 is 0. The van der Waals surface area contributed by atoms with Crippen LogP contribution in [0.1, 0.15) is 36.2 Å². The summed E-state index contributed by atoms with van der Waals surface area (Å²) >= 11 is 5.72. The van der Waals surface area contributed by atoms with Crippen molar-refractivity contribution in [2.24, 2.45) is 5.92 Å². The maximum Gasteiger partial charge on any atom is 0.273 e. The van der Waals surface area contributed by atoms with Crippen molar-refractivity contribution < 1.29 is 9.72 Å². The SMILES string of the molecule is Cc1ccc(C(=O)NC(CCCl)C(C)C)cc1[N+](=O)[O-]. The van der Waals surface area contributed by atoms with Gasteiger partial charge < -0.3 is 5.32 Å². The normalized spacial score (nSPS) is 12.2. The van der Waals surface area contributed by atoms with E-state index in [1.54, 1.807) is 19.1 Å². The summed E-state index contributed by atoms with van der Waals surface area (Å²) in [5, 5.41) is 13.8. The molecule has 0 bridgehead atoms. The maximum atomic E-state index is 12.1. The van der Waals surface area contributed by atoms with Gasteiger partial charge >= 0.3 is 0 Å². The Labute approximate surface area is 123 Å². The molecule has 1 amide bonds. The van der Waals surface area contributed by atoms with Gasteiger partial charge in [-0.25, -0.2) is 0 Å². The summed E-state index contributed by atoms with van der Waals surface area (Å²) in [5.74, 6) is 0.395. The number of aryl methyl sites for hydroxylation is 1. The van der Waals surface area contributed by atoms with Gasteiger partial charge in [-0.05, 0) is 25.3 Å². The molecule has 0 radical (unpaired) electrons. The highest BCUT2D eigenvalue weighted by atomic mass is 35.5. The second-order valence-electron chi connectivity index (χ2n) is 5.06. The summed E-state index contributed by atoms with van der Waals surface area (Å²) in [7, 11) is 0. The van der Waals surface area contributed by atoms with Crippen LogP contribution in [0.25, 0.3) is 0 Å². The van der Waals surface area contributed by atoms with E-state index in [0.717, 1.165) is 0 Å². The first-order valence-corrected chi connectivity index (χ1v) is 7.02. The summed E-state index contributed by atoms with van der Waals surface area (Å²) in [4.78, 5) is 22.5. The number of hydrogen-bond acceptors (Lipinski definition) is 3. The standard InChI is InChI=1S/C14H19ClN2O3/c1-9(2)12(6-7-15)16-14(18)11-5-4-10(3)13(8-11)17(19)20/h4-5,8-9,12H,6-7H2,1-3H3,(H,16,18). The quantitative estimate of drug-likeness (QED) is 0.497. The number of rotatable bonds is 6. The lowest BCUT2D eigenvalue weighted by Crippen LogP contribution is -2.38. The molecular weight excluding hydrogens is 280 g/mol. The van der Waals surface area contributed by atoms with Gasteiger partial charge in [0, 0.05) is 29.1 Å². The van der Waals surface area contributed by atoms with Gasteiger partial charge in [-0.3, -0.25) is 14.9 Å². The van der Waals surface area contributed by atoms with Crippen LogP contribution < -0.4 is 5.32 Å². The molecule has 5 nitrogen and oxygen atoms in total. The van der Waals surface area contributed by atoms with Crippen molar-refractivity contribution in [1.29, 1.82) is 0 Å². The molecule has 0 heterocycles. The average Bonchev–Trinajstić information content (AvgIpc) is 2.38. The fourth-order valence-electron chi connectivity index (χ4n) is 1.89. The molecule has 0 aliphatic carbocycles. The van der Waals surface area contributed by atoms with Crippen molar-refractivity contribution in [2.45, 2.75) is 33.2 Å². The van der Waals surface area contributed by atoms with Crippen LogP contribution in [-0.2, 0) is 0 Å². The van der Waals surface area contributed by atoms with Crippen LogP contribution in [0.2, 0.25) is 0 Å². The van der Waals surface area contributed by atoms with E-state index in [-0.39, 0.29) is 23.6 Å². The number of amides is 1. The molecule has 0 aromatic heterocycles. The number of hydrogen-bond donors (Lipinski definition) is 1. The van der Waals surface area contributed by atoms with Crippen molar-refractivity contribution in [1.82, 2.24) is 5.32 Å². The van der Waals surface area contributed by atoms with Gasteiger partial charge in [-0.2, -0.15) is 0 Å². The molecule has 1 rings (SSSR count). The molecule has 0 spiro atoms. The van der Waals surface area contributed by atoms with Crippen molar-refractivity contribution in [3.8, 4) is 0 Å². The topological polar surface area (TPSA) is 72.2 Å². The molecule has 6 heteroatoms. The molecule has 0 saturated carbocycles. The second-order valence-corrected chi connectivity index (χ2v) is 5.44. The molecule has 20 heavy (non-hydrogen) atoms. The third-order valence-corrected chi connectivity index (χ3v) is 3.43. The van der Waals surface area contributed by atoms with E-state index in [2.05, 4.69) is 5.32 Å². The van der Waals surface area contributed by atoms with E-state index in [4.69, 9.17) is 11.6 Å². The van der Waals surface area contributed by atoms with Crippen molar-refractivity contribution in [3.05, 3.63) is 39.4 Å². The lowest BCUT2D eigenvalue weighted by atomic mass is 10.0. The Hall–Kier alpha value is -1.62. The predicted molar refractivity (Wildman–Crippen MR) is 79.3 cm³/mol. The van der Waals surface area contributed by atoms with Gasteiger partial charge in [0.05, 0.1) is 4.92 Å². The number of halogens is 1. The average molecular weight is 299 g/mol. The zero-order valence-corrected chi connectivity index (χ0v) is 12.6. The van der Waals surface area contributed by atoms with E-state index in [9.17, 15) is 14.9 Å². The first kappa shape index (κ1) is 16.4. The highest BCUT2D eigenvalue weighted by molar-refractivity contribution is 6.17. The zero-order chi connectivity index (χ0) is 15.3. The van der Waals surface area contributed by atoms with Crippen LogP contribution in [0.15, 0.2) is 18.2 Å². The Morgan fingerprint density at radius 2 is 2.10 bits per heavy atom. The molecule has 1 aromatic carbocycles. The predicted octanol–water partition coefficient (Wildman–Crippen LogP) is 3.29. The lowest BCUT2D eigenvalue weighted by molar-refractivity contribution is -0.385. The molecule has 0 aliphatic heterocycles. The summed E-state index contributed by atoms with van der Waals surface area (Å²) in [5.41, 5.74) is 0.784. The number of nitrogens with one attached hydrogen (secondary N) is 1. The monoisotopic (exact) mass is 298 g/mol. The van der Waals surface area contributed by atoms with Crippen LogP contribution >= 0.6 is 11.6 Å². The molecule has 1 N–H and O–H groups in total. The lowest BCUT2D eigenvalue weighted by Gasteiger charge is -2.21. The Morgan fingerprint density at radius 1 is 1.45 bits per heavy atom. The third-order valence-electron chi connectivity index (χ3n) is 3.21. The van der Waals surface area contributed by atoms with E-state index in [0.29, 0.717) is 23.4 Å². The van der Waals surface area contributed by atoms with Crippen molar-refractivity contribution in [3.63, 3.8) is 0 Å². The first-order chi connectivity index (χ1) is 9.36. The summed E-state index contributed by atoms with van der Waals surface area (Å²) in [6.45, 7) is 5.63. The fraction of sp³-hybridized carbons (Fsp3) is 0.500. The molecule has 110 valence electrons. The number of carbonyl (C=O) groups excluding carboxylic acids is 1. The summed E-state index contributed by atoms with van der Waals surface area (Å²) in [6.07, 6.45) is 0.666. The van der Waals surface area contributed by atoms with E-state index in [1.165, 1.54) is 6.07 Å². The van der Waals surface area contributed by atoms with Gasteiger partial charge in [0.25, 0.3) is 11.6 Å². The van der Waals surface area contributed by atoms with Crippen molar-refractivity contribution >= 4 is 23.2 Å². The number of nitro benzene ring substituents is 1. The highest BCUT2D eigenvalue weighted by Gasteiger charge is 2.19. The Morgan fingerprint density at radius 3 is 2.60 bits per heavy atom. The molecule has 0 fully saturated rings. The minimum atomic E-state index is -0.481. The minimum absolute atomic E-state index is 0.0413. The molecule has 0 aliphatic rings. The van der Waals surface area contributed by atoms with Crippen LogP contribution in [0.3, 0.4) is 0 Å². The fourth-order valence-corrected chi connectivity index (χ4v) is 2.12. The van der Waals surface area contributed by atoms with Crippen LogP contribution in [0.4, 0.5) is 5.69 Å². The van der Waals surface area contributed by atoms with Gasteiger partial charge in [-0.1, -0.05) is 19.9 Å². The minimum Gasteiger partial charge on any atom is -0.349 e. The zero-order valence-electron chi connectivity index (χ0n) is 11.9. The number of nitrogens with zero attached hydrogens (tertiary/aromatic N) is 1. The van der Waals surface area contributed by atoms with Crippen LogP contribution in [0, 0.1) is 23.0 Å². The van der Waals surface area contributed by atoms with Crippen LogP contribution in [-0.4, -0.2) is 22.8 Å². The molecular formula is C14H19ClN2O3. The molecule has 0 saturated heterocycles. The number of alkyl halides is 1. The van der Waals surface area contributed by atoms with Gasteiger partial charge in [0.2, 0.25) is 0 Å². The van der Waals surface area contributed by atoms with Gasteiger partial charge in [-0.15, -0.1) is 11.6 Å². The Bertz CT molecular complexity index is 503. The molecule has 1 atom stereocenters. The van der Waals surface area contributed by atoms with E-state index < -0.39 is 4.92 Å². The van der Waals surface area contributed by atoms with Crippen LogP contribution in [0.5, 0.6) is 0 Å². The molecule has 1 unspecified atom stereocenters. The Kier molecular flexibility index (Phi) is 5.95. The number of nitro groups is 1. The smallest absolute Gasteiger partial charge is 0.273 e. The van der Waals surface area contributed by atoms with E-state index >= 15 is 0 Å². The first-order valence-electron chi connectivity index (χ1n) is 6.48. The number of benzene rings is 1. The highest BCUT2D eigenvalue weighted by Crippen LogP contribution is 2.19. The second kappa shape index (κ2) is 7.24. The largest absolute Gasteiger partial charge is 0.349 e. The molecule has 1 aromatic rings. The van der Waals surface area contributed by atoms with Gasteiger partial charge in [0.15, 0.2) is 0 Å². The maximum absolute atomic E-state index is 12.1. The third kappa shape index (κ3) is 4.20. The van der Waals surface area contributed by atoms with E-state index in [1.807, 2.05) is 13.8 Å². The Balaban J connectivity index is 2.92. The van der Waals surface area contributed by atoms with Gasteiger partial charge in [0.1, 0.15) is 0 Å². The summed E-state index contributed by atoms with van der Waals surface area (Å²) in [6, 6.07) is 4.44. The number of carbonyl (C=O) groups is 1. The van der Waals surface area contributed by atoms with Crippen molar-refractivity contribution in [2.75, 3.05) is 5.88 Å².